The number of aromatic nitrogens is 2. The normalized spacial score (nSPS) is 20.3. The molecule has 0 aliphatic carbocycles. The number of esters is 1. The van der Waals surface area contributed by atoms with Crippen LogP contribution in [-0.4, -0.2) is 51.4 Å². The number of piperidine rings is 1. The maximum Gasteiger partial charge on any atom is 0.309 e. The van der Waals surface area contributed by atoms with E-state index < -0.39 is 0 Å². The number of carbonyl (C=O) groups excluding carboxylic acids is 2. The minimum atomic E-state index is -0.212. The molecule has 1 aromatic heterocycles. The summed E-state index contributed by atoms with van der Waals surface area (Å²) in [5.41, 5.74) is 1.81. The van der Waals surface area contributed by atoms with Gasteiger partial charge in [0.05, 0.1) is 23.1 Å². The smallest absolute Gasteiger partial charge is 0.309 e. The van der Waals surface area contributed by atoms with Crippen LogP contribution in [0.1, 0.15) is 31.0 Å². The number of amides is 1. The Kier molecular flexibility index (Phi) is 5.27. The number of ether oxygens (including phenoxy) is 1. The van der Waals surface area contributed by atoms with Gasteiger partial charge in [0.25, 0.3) is 5.91 Å². The van der Waals surface area contributed by atoms with Crippen LogP contribution in [0.2, 0.25) is 0 Å². The highest BCUT2D eigenvalue weighted by Crippen LogP contribution is 2.32. The molecule has 0 atom stereocenters. The van der Waals surface area contributed by atoms with Gasteiger partial charge in [-0.2, -0.15) is 10.1 Å². The zero-order valence-corrected chi connectivity index (χ0v) is 15.5. The molecule has 0 N–H and O–H groups in total. The van der Waals surface area contributed by atoms with Crippen molar-refractivity contribution in [3.8, 4) is 0 Å². The van der Waals surface area contributed by atoms with E-state index in [1.807, 2.05) is 33.2 Å². The number of amidine groups is 1. The third-order valence-electron chi connectivity index (χ3n) is 4.33. The van der Waals surface area contributed by atoms with Gasteiger partial charge < -0.3 is 9.64 Å². The maximum absolute atomic E-state index is 12.2. The van der Waals surface area contributed by atoms with E-state index in [9.17, 15) is 9.59 Å². The Morgan fingerprint density at radius 2 is 2.16 bits per heavy atom. The molecular formula is C17H22N4O3S. The second kappa shape index (κ2) is 7.43. The second-order valence-electron chi connectivity index (χ2n) is 6.17. The first-order chi connectivity index (χ1) is 12.0. The van der Waals surface area contributed by atoms with E-state index in [-0.39, 0.29) is 17.8 Å². The number of thioether (sulfide) groups is 1. The number of carbonyl (C=O) groups is 2. The molecule has 0 spiro atoms. The van der Waals surface area contributed by atoms with E-state index in [4.69, 9.17) is 4.74 Å². The minimum Gasteiger partial charge on any atom is -0.466 e. The predicted octanol–water partition coefficient (Wildman–Crippen LogP) is 1.97. The van der Waals surface area contributed by atoms with Gasteiger partial charge >= 0.3 is 5.97 Å². The molecular weight excluding hydrogens is 340 g/mol. The van der Waals surface area contributed by atoms with E-state index in [1.165, 1.54) is 11.8 Å². The summed E-state index contributed by atoms with van der Waals surface area (Å²) in [6, 6.07) is 0. The molecule has 0 aromatic carbocycles. The Morgan fingerprint density at radius 1 is 1.44 bits per heavy atom. The molecule has 8 heteroatoms. The molecule has 0 unspecified atom stereocenters. The molecule has 0 bridgehead atoms. The Balaban J connectivity index is 1.62. The Hall–Kier alpha value is -2.09. The molecule has 0 saturated carbocycles. The number of nitrogens with zero attached hydrogens (tertiary/aromatic N) is 4. The summed E-state index contributed by atoms with van der Waals surface area (Å²) in [6.07, 6.45) is 5.19. The number of aryl methyl sites for hydroxylation is 2. The summed E-state index contributed by atoms with van der Waals surface area (Å²) in [7, 11) is 1.86. The highest BCUT2D eigenvalue weighted by Gasteiger charge is 2.31. The van der Waals surface area contributed by atoms with Crippen molar-refractivity contribution in [2.24, 2.45) is 18.0 Å². The molecule has 7 nitrogen and oxygen atoms in total. The van der Waals surface area contributed by atoms with Gasteiger partial charge in [-0.3, -0.25) is 14.3 Å². The van der Waals surface area contributed by atoms with Gasteiger partial charge in [-0.1, -0.05) is 0 Å². The van der Waals surface area contributed by atoms with E-state index in [1.54, 1.807) is 4.68 Å². The first kappa shape index (κ1) is 17.7. The van der Waals surface area contributed by atoms with Crippen LogP contribution in [-0.2, 0) is 21.4 Å². The van der Waals surface area contributed by atoms with Crippen molar-refractivity contribution in [1.82, 2.24) is 14.7 Å². The van der Waals surface area contributed by atoms with Crippen molar-refractivity contribution < 1.29 is 14.3 Å². The fourth-order valence-electron chi connectivity index (χ4n) is 3.00. The fourth-order valence-corrected chi connectivity index (χ4v) is 3.96. The van der Waals surface area contributed by atoms with Crippen LogP contribution in [0.4, 0.5) is 0 Å². The topological polar surface area (TPSA) is 76.8 Å². The molecule has 3 rings (SSSR count). The predicted molar refractivity (Wildman–Crippen MR) is 96.9 cm³/mol. The van der Waals surface area contributed by atoms with Crippen LogP contribution in [0, 0.1) is 12.8 Å². The van der Waals surface area contributed by atoms with E-state index >= 15 is 0 Å². The van der Waals surface area contributed by atoms with Crippen molar-refractivity contribution in [3.63, 3.8) is 0 Å². The molecule has 0 radical (unpaired) electrons. The monoisotopic (exact) mass is 362 g/mol. The first-order valence-corrected chi connectivity index (χ1v) is 9.24. The zero-order valence-electron chi connectivity index (χ0n) is 14.7. The molecule has 1 amide bonds. The standard InChI is InChI=1S/C17H22N4O3S/c1-4-24-16(23)12-5-7-21(8-6-12)17-18-15(22)14(25-17)9-13-10-20(3)19-11(13)2/h9-10,12H,4-8H2,1-3H3. The lowest BCUT2D eigenvalue weighted by Crippen LogP contribution is -2.39. The number of aliphatic imine (C=N–C) groups is 1. The third kappa shape index (κ3) is 3.95. The van der Waals surface area contributed by atoms with Crippen LogP contribution in [0.3, 0.4) is 0 Å². The highest BCUT2D eigenvalue weighted by molar-refractivity contribution is 8.18. The molecule has 134 valence electrons. The first-order valence-electron chi connectivity index (χ1n) is 8.42. The average molecular weight is 362 g/mol. The van der Waals surface area contributed by atoms with Gasteiger partial charge in [0, 0.05) is 31.9 Å². The van der Waals surface area contributed by atoms with Crippen molar-refractivity contribution >= 4 is 34.9 Å². The number of hydrogen-bond acceptors (Lipinski definition) is 6. The molecule has 25 heavy (non-hydrogen) atoms. The van der Waals surface area contributed by atoms with Crippen LogP contribution < -0.4 is 0 Å². The molecule has 1 saturated heterocycles. The number of rotatable bonds is 3. The highest BCUT2D eigenvalue weighted by atomic mass is 32.2. The van der Waals surface area contributed by atoms with Crippen molar-refractivity contribution in [1.29, 1.82) is 0 Å². The quantitative estimate of drug-likeness (QED) is 0.604. The van der Waals surface area contributed by atoms with E-state index in [0.717, 1.165) is 29.3 Å². The van der Waals surface area contributed by atoms with Gasteiger partial charge in [0.1, 0.15) is 0 Å². The van der Waals surface area contributed by atoms with Crippen molar-refractivity contribution in [2.75, 3.05) is 19.7 Å². The number of likely N-dealkylation sites (tertiary alicyclic amines) is 1. The van der Waals surface area contributed by atoms with Crippen molar-refractivity contribution in [3.05, 3.63) is 22.4 Å². The Labute approximate surface area is 151 Å². The maximum atomic E-state index is 12.2. The summed E-state index contributed by atoms with van der Waals surface area (Å²) in [4.78, 5) is 30.9. The lowest BCUT2D eigenvalue weighted by Gasteiger charge is -2.31. The summed E-state index contributed by atoms with van der Waals surface area (Å²) < 4.78 is 6.82. The second-order valence-corrected chi connectivity index (χ2v) is 7.18. The summed E-state index contributed by atoms with van der Waals surface area (Å²) >= 11 is 1.39. The van der Waals surface area contributed by atoms with Crippen LogP contribution in [0.15, 0.2) is 16.1 Å². The zero-order chi connectivity index (χ0) is 18.0. The molecule has 3 heterocycles. The largest absolute Gasteiger partial charge is 0.466 e. The number of hydrogen-bond donors (Lipinski definition) is 0. The van der Waals surface area contributed by atoms with Gasteiger partial charge in [0.2, 0.25) is 0 Å². The fraction of sp³-hybridized carbons (Fsp3) is 0.529. The summed E-state index contributed by atoms with van der Waals surface area (Å²) in [6.45, 7) is 5.57. The average Bonchev–Trinajstić information content (AvgIpc) is 3.10. The molecule has 2 aliphatic rings. The SMILES string of the molecule is CCOC(=O)C1CCN(C2=NC(=O)C(=Cc3cn(C)nc3C)S2)CC1. The van der Waals surface area contributed by atoms with Gasteiger partial charge in [-0.25, -0.2) is 0 Å². The third-order valence-corrected chi connectivity index (χ3v) is 5.38. The van der Waals surface area contributed by atoms with Crippen LogP contribution in [0.25, 0.3) is 6.08 Å². The lowest BCUT2D eigenvalue weighted by atomic mass is 9.97. The van der Waals surface area contributed by atoms with E-state index in [0.29, 0.717) is 24.6 Å². The minimum absolute atomic E-state index is 0.0491. The van der Waals surface area contributed by atoms with Gasteiger partial charge in [-0.05, 0) is 44.5 Å². The van der Waals surface area contributed by atoms with E-state index in [2.05, 4.69) is 15.0 Å². The summed E-state index contributed by atoms with van der Waals surface area (Å²) in [5.74, 6) is -0.380. The molecule has 1 fully saturated rings. The van der Waals surface area contributed by atoms with Crippen LogP contribution in [0.5, 0.6) is 0 Å². The lowest BCUT2D eigenvalue weighted by molar-refractivity contribution is -0.149. The summed E-state index contributed by atoms with van der Waals surface area (Å²) in [5, 5.41) is 5.01. The van der Waals surface area contributed by atoms with Gasteiger partial charge in [0.15, 0.2) is 5.17 Å². The Morgan fingerprint density at radius 3 is 2.76 bits per heavy atom. The Bertz CT molecular complexity index is 745. The van der Waals surface area contributed by atoms with Crippen molar-refractivity contribution in [2.45, 2.75) is 26.7 Å². The molecule has 1 aromatic rings. The van der Waals surface area contributed by atoms with Crippen LogP contribution >= 0.6 is 11.8 Å². The molecule has 2 aliphatic heterocycles. The van der Waals surface area contributed by atoms with Gasteiger partial charge in [-0.15, -0.1) is 0 Å².